The van der Waals surface area contributed by atoms with E-state index in [0.29, 0.717) is 6.04 Å². The Hall–Kier alpha value is -0.0800. The van der Waals surface area contributed by atoms with E-state index in [9.17, 15) is 0 Å². The van der Waals surface area contributed by atoms with Crippen LogP contribution in [0.2, 0.25) is 0 Å². The van der Waals surface area contributed by atoms with E-state index < -0.39 is 0 Å². The van der Waals surface area contributed by atoms with Gasteiger partial charge in [-0.15, -0.1) is 0 Å². The summed E-state index contributed by atoms with van der Waals surface area (Å²) >= 11 is 0. The number of nitrogens with one attached hydrogen (secondary N) is 2. The van der Waals surface area contributed by atoms with Gasteiger partial charge in [0.1, 0.15) is 0 Å². The molecule has 0 spiro atoms. The van der Waals surface area contributed by atoms with Crippen molar-refractivity contribution in [3.8, 4) is 0 Å². The van der Waals surface area contributed by atoms with Gasteiger partial charge in [-0.1, -0.05) is 20.8 Å². The van der Waals surface area contributed by atoms with E-state index in [-0.39, 0.29) is 0 Å². The SMILES string of the molecule is CCNC[C@@H](CC)NCC. The first-order chi connectivity index (χ1) is 4.85. The minimum atomic E-state index is 0.657. The van der Waals surface area contributed by atoms with Crippen LogP contribution in [0.3, 0.4) is 0 Å². The highest BCUT2D eigenvalue weighted by atomic mass is 15.0. The van der Waals surface area contributed by atoms with Gasteiger partial charge in [-0.3, -0.25) is 0 Å². The van der Waals surface area contributed by atoms with Gasteiger partial charge >= 0.3 is 0 Å². The molecule has 0 unspecified atom stereocenters. The summed E-state index contributed by atoms with van der Waals surface area (Å²) in [7, 11) is 0. The topological polar surface area (TPSA) is 24.1 Å². The molecular formula is C8H20N2. The Balaban J connectivity index is 3.21. The second-order valence-electron chi connectivity index (χ2n) is 2.47. The van der Waals surface area contributed by atoms with E-state index in [1.54, 1.807) is 0 Å². The van der Waals surface area contributed by atoms with Crippen LogP contribution in [0.5, 0.6) is 0 Å². The summed E-state index contributed by atoms with van der Waals surface area (Å²) in [5, 5.41) is 6.73. The first kappa shape index (κ1) is 9.92. The van der Waals surface area contributed by atoms with Gasteiger partial charge in [0.15, 0.2) is 0 Å². The quantitative estimate of drug-likeness (QED) is 0.581. The molecule has 0 aliphatic heterocycles. The molecule has 62 valence electrons. The fourth-order valence-electron chi connectivity index (χ4n) is 0.968. The third-order valence-corrected chi connectivity index (χ3v) is 1.63. The van der Waals surface area contributed by atoms with Crippen molar-refractivity contribution in [2.45, 2.75) is 33.2 Å². The van der Waals surface area contributed by atoms with Crippen molar-refractivity contribution in [1.82, 2.24) is 10.6 Å². The summed E-state index contributed by atoms with van der Waals surface area (Å²) in [6, 6.07) is 0.657. The van der Waals surface area contributed by atoms with E-state index in [2.05, 4.69) is 31.4 Å². The molecule has 2 heteroatoms. The van der Waals surface area contributed by atoms with Crippen LogP contribution in [0.4, 0.5) is 0 Å². The van der Waals surface area contributed by atoms with Crippen LogP contribution < -0.4 is 10.6 Å². The molecule has 2 N–H and O–H groups in total. The predicted octanol–water partition coefficient (Wildman–Crippen LogP) is 0.984. The van der Waals surface area contributed by atoms with Crippen molar-refractivity contribution in [3.05, 3.63) is 0 Å². The minimum Gasteiger partial charge on any atom is -0.315 e. The monoisotopic (exact) mass is 144 g/mol. The molecule has 0 heterocycles. The van der Waals surface area contributed by atoms with Gasteiger partial charge in [0.05, 0.1) is 0 Å². The van der Waals surface area contributed by atoms with Gasteiger partial charge in [-0.25, -0.2) is 0 Å². The summed E-state index contributed by atoms with van der Waals surface area (Å²) in [6.07, 6.45) is 1.21. The fourth-order valence-corrected chi connectivity index (χ4v) is 0.968. The van der Waals surface area contributed by atoms with Crippen molar-refractivity contribution in [1.29, 1.82) is 0 Å². The van der Waals surface area contributed by atoms with E-state index in [1.807, 2.05) is 0 Å². The molecule has 0 rings (SSSR count). The highest BCUT2D eigenvalue weighted by Crippen LogP contribution is 1.86. The number of hydrogen-bond acceptors (Lipinski definition) is 2. The first-order valence-corrected chi connectivity index (χ1v) is 4.29. The van der Waals surface area contributed by atoms with Gasteiger partial charge in [0.25, 0.3) is 0 Å². The largest absolute Gasteiger partial charge is 0.315 e. The Morgan fingerprint density at radius 2 is 1.80 bits per heavy atom. The van der Waals surface area contributed by atoms with Gasteiger partial charge in [0, 0.05) is 12.6 Å². The zero-order valence-corrected chi connectivity index (χ0v) is 7.41. The van der Waals surface area contributed by atoms with E-state index in [4.69, 9.17) is 0 Å². The zero-order valence-electron chi connectivity index (χ0n) is 7.41. The Morgan fingerprint density at radius 1 is 1.10 bits per heavy atom. The number of rotatable bonds is 6. The highest BCUT2D eigenvalue weighted by Gasteiger charge is 2.00. The second kappa shape index (κ2) is 7.03. The van der Waals surface area contributed by atoms with Gasteiger partial charge in [-0.2, -0.15) is 0 Å². The lowest BCUT2D eigenvalue weighted by Crippen LogP contribution is -2.37. The maximum Gasteiger partial charge on any atom is 0.0189 e. The molecular weight excluding hydrogens is 124 g/mol. The molecule has 1 atom stereocenters. The maximum atomic E-state index is 3.40. The Labute approximate surface area is 64.4 Å². The van der Waals surface area contributed by atoms with Crippen LogP contribution in [-0.4, -0.2) is 25.7 Å². The molecule has 0 fully saturated rings. The Kier molecular flexibility index (Phi) is 6.98. The van der Waals surface area contributed by atoms with Crippen LogP contribution in [0.25, 0.3) is 0 Å². The van der Waals surface area contributed by atoms with E-state index in [0.717, 1.165) is 19.6 Å². The predicted molar refractivity (Wildman–Crippen MR) is 46.3 cm³/mol. The fraction of sp³-hybridized carbons (Fsp3) is 1.00. The molecule has 0 aliphatic carbocycles. The lowest BCUT2D eigenvalue weighted by Gasteiger charge is -2.15. The summed E-state index contributed by atoms with van der Waals surface area (Å²) < 4.78 is 0. The maximum absolute atomic E-state index is 3.40. The molecule has 0 bridgehead atoms. The molecule has 0 aromatic carbocycles. The van der Waals surface area contributed by atoms with Crippen LogP contribution in [0.15, 0.2) is 0 Å². The lowest BCUT2D eigenvalue weighted by atomic mass is 10.2. The molecule has 10 heavy (non-hydrogen) atoms. The first-order valence-electron chi connectivity index (χ1n) is 4.29. The van der Waals surface area contributed by atoms with E-state index >= 15 is 0 Å². The number of hydrogen-bond donors (Lipinski definition) is 2. The van der Waals surface area contributed by atoms with Crippen molar-refractivity contribution >= 4 is 0 Å². The lowest BCUT2D eigenvalue weighted by molar-refractivity contribution is 0.479. The third kappa shape index (κ3) is 4.77. The second-order valence-corrected chi connectivity index (χ2v) is 2.47. The third-order valence-electron chi connectivity index (χ3n) is 1.63. The summed E-state index contributed by atoms with van der Waals surface area (Å²) in [5.41, 5.74) is 0. The van der Waals surface area contributed by atoms with Gasteiger partial charge < -0.3 is 10.6 Å². The number of likely N-dealkylation sites (N-methyl/N-ethyl adjacent to an activating group) is 2. The van der Waals surface area contributed by atoms with Crippen molar-refractivity contribution < 1.29 is 0 Å². The molecule has 0 amide bonds. The molecule has 0 aliphatic rings. The highest BCUT2D eigenvalue weighted by molar-refractivity contribution is 4.65. The van der Waals surface area contributed by atoms with Crippen LogP contribution in [0.1, 0.15) is 27.2 Å². The molecule has 0 radical (unpaired) electrons. The summed E-state index contributed by atoms with van der Waals surface area (Å²) in [6.45, 7) is 9.74. The van der Waals surface area contributed by atoms with E-state index in [1.165, 1.54) is 6.42 Å². The molecule has 0 saturated heterocycles. The average Bonchev–Trinajstić information content (AvgIpc) is 1.98. The molecule has 0 aromatic rings. The normalized spacial score (nSPS) is 13.5. The van der Waals surface area contributed by atoms with Crippen molar-refractivity contribution in [2.24, 2.45) is 0 Å². The Morgan fingerprint density at radius 3 is 2.20 bits per heavy atom. The summed E-state index contributed by atoms with van der Waals surface area (Å²) in [5.74, 6) is 0. The van der Waals surface area contributed by atoms with Crippen molar-refractivity contribution in [2.75, 3.05) is 19.6 Å². The van der Waals surface area contributed by atoms with Crippen LogP contribution in [-0.2, 0) is 0 Å². The van der Waals surface area contributed by atoms with Gasteiger partial charge in [-0.05, 0) is 19.5 Å². The molecule has 0 aromatic heterocycles. The minimum absolute atomic E-state index is 0.657. The van der Waals surface area contributed by atoms with Crippen molar-refractivity contribution in [3.63, 3.8) is 0 Å². The molecule has 0 saturated carbocycles. The Bertz CT molecular complexity index is 64.3. The van der Waals surface area contributed by atoms with Gasteiger partial charge in [0.2, 0.25) is 0 Å². The van der Waals surface area contributed by atoms with Crippen LogP contribution in [0, 0.1) is 0 Å². The zero-order chi connectivity index (χ0) is 7.82. The van der Waals surface area contributed by atoms with Crippen LogP contribution >= 0.6 is 0 Å². The summed E-state index contributed by atoms with van der Waals surface area (Å²) in [4.78, 5) is 0. The molecule has 2 nitrogen and oxygen atoms in total. The average molecular weight is 144 g/mol. The smallest absolute Gasteiger partial charge is 0.0189 e. The standard InChI is InChI=1S/C8H20N2/c1-4-8(10-6-3)7-9-5-2/h8-10H,4-7H2,1-3H3/t8-/m1/s1.